The number of carbonyl (C=O) groups excluding carboxylic acids is 3. The van der Waals surface area contributed by atoms with Crippen molar-refractivity contribution in [1.82, 2.24) is 0 Å². The van der Waals surface area contributed by atoms with Gasteiger partial charge in [0.05, 0.1) is 0 Å². The van der Waals surface area contributed by atoms with Crippen LogP contribution in [0.2, 0.25) is 0 Å². The van der Waals surface area contributed by atoms with Crippen LogP contribution in [0, 0.1) is 0 Å². The SMILES string of the molecule is CCCCC/C=C\C/C=C\C/C=C\CCCCCCCCC(=O)OC(COC(=O)CCCCCCCCC/C=C\C/C=C\CCCCC)COC(=O)CCCCCCCCCC/C=C\C/C=C\C/C=C\CCCCCCC. The zero-order valence-corrected chi connectivity index (χ0v) is 50.7. The summed E-state index contributed by atoms with van der Waals surface area (Å²) < 4.78 is 16.9. The van der Waals surface area contributed by atoms with E-state index < -0.39 is 6.10 Å². The Labute approximate surface area is 477 Å². The summed E-state index contributed by atoms with van der Waals surface area (Å²) in [7, 11) is 0. The molecule has 0 aromatic carbocycles. The first-order valence-corrected chi connectivity index (χ1v) is 32.7. The Hall–Kier alpha value is -3.67. The molecule has 0 saturated heterocycles. The van der Waals surface area contributed by atoms with Crippen LogP contribution in [-0.2, 0) is 28.6 Å². The summed E-state index contributed by atoms with van der Waals surface area (Å²) in [6.07, 6.45) is 86.8. The maximum Gasteiger partial charge on any atom is 0.306 e. The zero-order valence-electron chi connectivity index (χ0n) is 50.7. The summed E-state index contributed by atoms with van der Waals surface area (Å²) in [6.45, 7) is 6.58. The summed E-state index contributed by atoms with van der Waals surface area (Å²) in [5.74, 6) is -0.906. The monoisotopic (exact) mass is 1070 g/mol. The minimum absolute atomic E-state index is 0.0894. The van der Waals surface area contributed by atoms with Gasteiger partial charge in [-0.3, -0.25) is 14.4 Å². The Balaban J connectivity index is 4.42. The van der Waals surface area contributed by atoms with E-state index in [1.165, 1.54) is 161 Å². The van der Waals surface area contributed by atoms with Crippen LogP contribution in [0.25, 0.3) is 0 Å². The van der Waals surface area contributed by atoms with Gasteiger partial charge in [0.1, 0.15) is 13.2 Å². The van der Waals surface area contributed by atoms with E-state index in [1.54, 1.807) is 0 Å². The van der Waals surface area contributed by atoms with Gasteiger partial charge in [-0.2, -0.15) is 0 Å². The summed E-state index contributed by atoms with van der Waals surface area (Å²) in [6, 6.07) is 0. The van der Waals surface area contributed by atoms with Crippen molar-refractivity contribution >= 4 is 17.9 Å². The van der Waals surface area contributed by atoms with Crippen molar-refractivity contribution in [2.45, 2.75) is 322 Å². The molecule has 0 bridgehead atoms. The molecule has 0 radical (unpaired) electrons. The Morgan fingerprint density at radius 2 is 0.468 bits per heavy atom. The number of hydrogen-bond acceptors (Lipinski definition) is 6. The molecule has 0 spiro atoms. The van der Waals surface area contributed by atoms with E-state index in [4.69, 9.17) is 14.2 Å². The van der Waals surface area contributed by atoms with E-state index in [0.29, 0.717) is 19.3 Å². The summed E-state index contributed by atoms with van der Waals surface area (Å²) in [5, 5.41) is 0. The van der Waals surface area contributed by atoms with Gasteiger partial charge in [-0.1, -0.05) is 266 Å². The minimum atomic E-state index is -0.794. The molecule has 0 rings (SSSR count). The van der Waals surface area contributed by atoms with Gasteiger partial charge in [-0.25, -0.2) is 0 Å². The lowest BCUT2D eigenvalue weighted by Gasteiger charge is -2.18. The molecule has 6 nitrogen and oxygen atoms in total. The van der Waals surface area contributed by atoms with Crippen LogP contribution in [0.5, 0.6) is 0 Å². The zero-order chi connectivity index (χ0) is 55.7. The average molecular weight is 1070 g/mol. The molecular weight excluding hydrogens is 949 g/mol. The van der Waals surface area contributed by atoms with E-state index in [0.717, 1.165) is 116 Å². The molecule has 442 valence electrons. The number of allylic oxidation sites excluding steroid dienone is 16. The number of esters is 3. The van der Waals surface area contributed by atoms with Crippen LogP contribution < -0.4 is 0 Å². The van der Waals surface area contributed by atoms with Gasteiger partial charge in [0.25, 0.3) is 0 Å². The van der Waals surface area contributed by atoms with Crippen LogP contribution >= 0.6 is 0 Å². The highest BCUT2D eigenvalue weighted by atomic mass is 16.6. The molecule has 77 heavy (non-hydrogen) atoms. The van der Waals surface area contributed by atoms with Gasteiger partial charge in [0.2, 0.25) is 0 Å². The Bertz CT molecular complexity index is 1510. The first-order chi connectivity index (χ1) is 38.0. The molecule has 0 aliphatic heterocycles. The van der Waals surface area contributed by atoms with Crippen molar-refractivity contribution < 1.29 is 28.6 Å². The molecule has 0 fully saturated rings. The number of rotatable bonds is 59. The fraction of sp³-hybridized carbons (Fsp3) is 0.732. The number of unbranched alkanes of at least 4 members (excludes halogenated alkanes) is 32. The van der Waals surface area contributed by atoms with Gasteiger partial charge in [0.15, 0.2) is 6.10 Å². The summed E-state index contributed by atoms with van der Waals surface area (Å²) in [4.78, 5) is 38.4. The largest absolute Gasteiger partial charge is 0.462 e. The molecule has 1 unspecified atom stereocenters. The fourth-order valence-electron chi connectivity index (χ4n) is 9.08. The molecular formula is C71H122O6. The van der Waals surface area contributed by atoms with Crippen molar-refractivity contribution in [3.63, 3.8) is 0 Å². The second-order valence-corrected chi connectivity index (χ2v) is 21.7. The molecule has 0 aliphatic rings. The predicted octanol–water partition coefficient (Wildman–Crippen LogP) is 22.4. The lowest BCUT2D eigenvalue weighted by Crippen LogP contribution is -2.30. The van der Waals surface area contributed by atoms with Crippen molar-refractivity contribution in [1.29, 1.82) is 0 Å². The third kappa shape index (κ3) is 63.0. The molecule has 1 atom stereocenters. The normalized spacial score (nSPS) is 12.7. The van der Waals surface area contributed by atoms with E-state index in [-0.39, 0.29) is 31.1 Å². The van der Waals surface area contributed by atoms with Crippen LogP contribution in [-0.4, -0.2) is 37.2 Å². The molecule has 0 saturated carbocycles. The van der Waals surface area contributed by atoms with E-state index >= 15 is 0 Å². The topological polar surface area (TPSA) is 78.9 Å². The van der Waals surface area contributed by atoms with E-state index in [2.05, 4.69) is 118 Å². The maximum atomic E-state index is 12.9. The molecule has 0 aliphatic carbocycles. The van der Waals surface area contributed by atoms with E-state index in [9.17, 15) is 14.4 Å². The second kappa shape index (κ2) is 64.9. The summed E-state index contributed by atoms with van der Waals surface area (Å²) in [5.41, 5.74) is 0. The highest BCUT2D eigenvalue weighted by molar-refractivity contribution is 5.71. The number of hydrogen-bond donors (Lipinski definition) is 0. The lowest BCUT2D eigenvalue weighted by molar-refractivity contribution is -0.167. The van der Waals surface area contributed by atoms with Gasteiger partial charge in [0, 0.05) is 19.3 Å². The van der Waals surface area contributed by atoms with Crippen LogP contribution in [0.15, 0.2) is 97.2 Å². The second-order valence-electron chi connectivity index (χ2n) is 21.7. The first kappa shape index (κ1) is 73.3. The van der Waals surface area contributed by atoms with Crippen LogP contribution in [0.1, 0.15) is 316 Å². The van der Waals surface area contributed by atoms with Gasteiger partial charge in [-0.05, 0) is 128 Å². The van der Waals surface area contributed by atoms with Gasteiger partial charge in [-0.15, -0.1) is 0 Å². The summed E-state index contributed by atoms with van der Waals surface area (Å²) >= 11 is 0. The predicted molar refractivity (Wildman–Crippen MR) is 334 cm³/mol. The molecule has 0 aromatic heterocycles. The van der Waals surface area contributed by atoms with Crippen molar-refractivity contribution in [2.24, 2.45) is 0 Å². The fourth-order valence-corrected chi connectivity index (χ4v) is 9.08. The minimum Gasteiger partial charge on any atom is -0.462 e. The van der Waals surface area contributed by atoms with Crippen LogP contribution in [0.3, 0.4) is 0 Å². The Morgan fingerprint density at radius 1 is 0.260 bits per heavy atom. The average Bonchev–Trinajstić information content (AvgIpc) is 3.43. The third-order valence-electron chi connectivity index (χ3n) is 14.0. The molecule has 0 heterocycles. The molecule has 6 heteroatoms. The first-order valence-electron chi connectivity index (χ1n) is 32.7. The quantitative estimate of drug-likeness (QED) is 0.0261. The molecule has 0 N–H and O–H groups in total. The van der Waals surface area contributed by atoms with Crippen molar-refractivity contribution in [3.8, 4) is 0 Å². The maximum absolute atomic E-state index is 12.9. The Morgan fingerprint density at radius 3 is 0.753 bits per heavy atom. The standard InChI is InChI=1S/C71H122O6/c1-4-7-10-13-16-19-22-25-28-31-33-34-35-36-38-40-43-46-49-52-55-58-61-64-70(73)76-67-68(66-75-69(72)63-60-57-54-51-48-45-42-39-30-27-24-21-18-15-12-9-6-3)77-71(74)65-62-59-56-53-50-47-44-41-37-32-29-26-23-20-17-14-11-8-5-2/h17-18,20-22,25-27,29-31,33,35-37,41,68H,4-16,19,23-24,28,32,34,38-40,42-67H2,1-3H3/b20-17-,21-18-,25-22-,29-26-,30-27-,33-31-,36-35-,41-37-. The van der Waals surface area contributed by atoms with Crippen LogP contribution in [0.4, 0.5) is 0 Å². The highest BCUT2D eigenvalue weighted by Gasteiger charge is 2.19. The molecule has 0 amide bonds. The third-order valence-corrected chi connectivity index (χ3v) is 14.0. The molecule has 0 aromatic rings. The van der Waals surface area contributed by atoms with Crippen molar-refractivity contribution in [3.05, 3.63) is 97.2 Å². The van der Waals surface area contributed by atoms with Gasteiger partial charge >= 0.3 is 17.9 Å². The smallest absolute Gasteiger partial charge is 0.306 e. The highest BCUT2D eigenvalue weighted by Crippen LogP contribution is 2.15. The lowest BCUT2D eigenvalue weighted by atomic mass is 10.1. The van der Waals surface area contributed by atoms with Gasteiger partial charge < -0.3 is 14.2 Å². The van der Waals surface area contributed by atoms with Crippen molar-refractivity contribution in [2.75, 3.05) is 13.2 Å². The Kier molecular flexibility index (Phi) is 61.8. The van der Waals surface area contributed by atoms with E-state index in [1.807, 2.05) is 0 Å². The number of ether oxygens (including phenoxy) is 3. The number of carbonyl (C=O) groups is 3.